The Balaban J connectivity index is 2.40. The van der Waals surface area contributed by atoms with E-state index in [0.717, 1.165) is 24.2 Å². The van der Waals surface area contributed by atoms with E-state index in [4.69, 9.17) is 14.9 Å². The number of carbonyl (C=O) groups is 1. The molecule has 102 valence electrons. The second-order valence-corrected chi connectivity index (χ2v) is 6.00. The number of rotatable bonds is 4. The molecule has 7 heteroatoms. The average Bonchev–Trinajstić information content (AvgIpc) is 2.75. The molecule has 1 heterocycles. The Morgan fingerprint density at radius 2 is 2.16 bits per heavy atom. The molecule has 0 saturated heterocycles. The van der Waals surface area contributed by atoms with Crippen molar-refractivity contribution in [3.8, 4) is 0 Å². The van der Waals surface area contributed by atoms with Gasteiger partial charge in [-0.05, 0) is 23.6 Å². The quantitative estimate of drug-likeness (QED) is 0.490. The van der Waals surface area contributed by atoms with E-state index in [1.54, 1.807) is 12.1 Å². The van der Waals surface area contributed by atoms with Gasteiger partial charge in [-0.1, -0.05) is 18.2 Å². The summed E-state index contributed by atoms with van der Waals surface area (Å²) in [5.74, 6) is -1.32. The largest absolute Gasteiger partial charge is 0.478 e. The molecule has 1 aliphatic rings. The zero-order chi connectivity index (χ0) is 14.0. The van der Waals surface area contributed by atoms with Crippen molar-refractivity contribution >= 4 is 25.3 Å². The molecule has 0 bridgehead atoms. The van der Waals surface area contributed by atoms with E-state index in [1.165, 1.54) is 6.08 Å². The maximum atomic E-state index is 11.0. The first-order chi connectivity index (χ1) is 8.87. The molecular formula is C12H14NO5P. The number of aliphatic carboxylic acids is 1. The Kier molecular flexibility index (Phi) is 3.75. The van der Waals surface area contributed by atoms with E-state index in [0.29, 0.717) is 5.56 Å². The van der Waals surface area contributed by atoms with Crippen LogP contribution in [0.3, 0.4) is 0 Å². The summed E-state index contributed by atoms with van der Waals surface area (Å²) in [6, 6.07) is 5.46. The third-order valence-electron chi connectivity index (χ3n) is 2.86. The summed E-state index contributed by atoms with van der Waals surface area (Å²) in [5.41, 5.74) is 2.26. The Hall–Kier alpha value is -1.62. The van der Waals surface area contributed by atoms with E-state index in [2.05, 4.69) is 5.32 Å². The molecule has 0 spiro atoms. The maximum Gasteiger partial charge on any atom is 0.332 e. The monoisotopic (exact) mass is 283 g/mol. The van der Waals surface area contributed by atoms with Gasteiger partial charge in [0.25, 0.3) is 0 Å². The lowest BCUT2D eigenvalue weighted by Crippen LogP contribution is -2.06. The molecule has 0 aliphatic carbocycles. The molecule has 4 N–H and O–H groups in total. The van der Waals surface area contributed by atoms with Crippen LogP contribution in [0.1, 0.15) is 11.1 Å². The Labute approximate surface area is 109 Å². The number of para-hydroxylation sites is 1. The molecule has 2 rings (SSSR count). The molecule has 0 saturated carbocycles. The Bertz CT molecular complexity index is 590. The number of hydrogen-bond donors (Lipinski definition) is 4. The summed E-state index contributed by atoms with van der Waals surface area (Å²) in [4.78, 5) is 28.8. The van der Waals surface area contributed by atoms with Crippen LogP contribution < -0.4 is 5.32 Å². The van der Waals surface area contributed by atoms with Gasteiger partial charge in [-0.25, -0.2) is 4.79 Å². The molecule has 0 radical (unpaired) electrons. The van der Waals surface area contributed by atoms with Gasteiger partial charge in [0, 0.05) is 17.8 Å². The topological polar surface area (TPSA) is 107 Å². The van der Waals surface area contributed by atoms with Crippen LogP contribution in [-0.2, 0) is 15.8 Å². The molecule has 0 atom stereocenters. The van der Waals surface area contributed by atoms with E-state index >= 15 is 0 Å². The van der Waals surface area contributed by atoms with Gasteiger partial charge in [0.2, 0.25) is 0 Å². The lowest BCUT2D eigenvalue weighted by molar-refractivity contribution is -0.132. The number of anilines is 1. The summed E-state index contributed by atoms with van der Waals surface area (Å²) in [6.45, 7) is 0.779. The Morgan fingerprint density at radius 3 is 2.79 bits per heavy atom. The van der Waals surface area contributed by atoms with Crippen molar-refractivity contribution in [1.82, 2.24) is 0 Å². The van der Waals surface area contributed by atoms with E-state index in [1.807, 2.05) is 6.07 Å². The highest BCUT2D eigenvalue weighted by Gasteiger charge is 2.22. The normalized spacial score (nSPS) is 14.9. The van der Waals surface area contributed by atoms with Crippen molar-refractivity contribution in [1.29, 1.82) is 0 Å². The van der Waals surface area contributed by atoms with Crippen LogP contribution in [0.15, 0.2) is 23.8 Å². The summed E-state index contributed by atoms with van der Waals surface area (Å²) >= 11 is 0. The van der Waals surface area contributed by atoms with E-state index in [9.17, 15) is 9.36 Å². The van der Waals surface area contributed by atoms with Crippen LogP contribution in [0.5, 0.6) is 0 Å². The number of fused-ring (bicyclic) bond motifs is 1. The van der Waals surface area contributed by atoms with Crippen LogP contribution in [-0.4, -0.2) is 33.6 Å². The summed E-state index contributed by atoms with van der Waals surface area (Å²) < 4.78 is 10.9. The number of benzene rings is 1. The van der Waals surface area contributed by atoms with Gasteiger partial charge < -0.3 is 20.2 Å². The predicted octanol–water partition coefficient (Wildman–Crippen LogP) is 1.30. The van der Waals surface area contributed by atoms with Crippen LogP contribution in [0, 0.1) is 0 Å². The molecule has 0 unspecified atom stereocenters. The van der Waals surface area contributed by atoms with Crippen LogP contribution in [0.2, 0.25) is 0 Å². The molecule has 19 heavy (non-hydrogen) atoms. The lowest BCUT2D eigenvalue weighted by atomic mass is 10.1. The van der Waals surface area contributed by atoms with Crippen LogP contribution >= 0.6 is 7.60 Å². The molecule has 0 aromatic heterocycles. The minimum atomic E-state index is -4.40. The second-order valence-electron chi connectivity index (χ2n) is 4.36. The van der Waals surface area contributed by atoms with Gasteiger partial charge in [0.05, 0.1) is 6.16 Å². The molecule has 1 aromatic rings. The van der Waals surface area contributed by atoms with Crippen LogP contribution in [0.25, 0.3) is 6.08 Å². The molecule has 1 aliphatic heterocycles. The fourth-order valence-corrected chi connectivity index (χ4v) is 2.74. The van der Waals surface area contributed by atoms with E-state index < -0.39 is 19.7 Å². The molecule has 6 nitrogen and oxygen atoms in total. The number of hydrogen-bond acceptors (Lipinski definition) is 3. The third kappa shape index (κ3) is 3.44. The predicted molar refractivity (Wildman–Crippen MR) is 71.2 cm³/mol. The highest BCUT2D eigenvalue weighted by Crippen LogP contribution is 2.38. The lowest BCUT2D eigenvalue weighted by Gasteiger charge is -2.08. The maximum absolute atomic E-state index is 11.0. The van der Waals surface area contributed by atoms with Gasteiger partial charge in [0.15, 0.2) is 0 Å². The fourth-order valence-electron chi connectivity index (χ4n) is 2.07. The van der Waals surface area contributed by atoms with Gasteiger partial charge in [-0.2, -0.15) is 0 Å². The number of carboxylic acids is 1. The summed E-state index contributed by atoms with van der Waals surface area (Å²) in [7, 11) is -4.40. The van der Waals surface area contributed by atoms with Crippen molar-refractivity contribution < 1.29 is 24.3 Å². The molecule has 1 aromatic carbocycles. The van der Waals surface area contributed by atoms with Crippen molar-refractivity contribution in [3.63, 3.8) is 0 Å². The number of carboxylic acid groups (broad SMARTS) is 1. The number of nitrogens with one attached hydrogen (secondary N) is 1. The molecule has 0 amide bonds. The molecule has 0 fully saturated rings. The van der Waals surface area contributed by atoms with Crippen LogP contribution in [0.4, 0.5) is 5.69 Å². The highest BCUT2D eigenvalue weighted by molar-refractivity contribution is 7.52. The van der Waals surface area contributed by atoms with Crippen molar-refractivity contribution in [2.45, 2.75) is 6.42 Å². The average molecular weight is 283 g/mol. The van der Waals surface area contributed by atoms with Crippen molar-refractivity contribution in [3.05, 3.63) is 34.9 Å². The third-order valence-corrected chi connectivity index (χ3v) is 3.61. The van der Waals surface area contributed by atoms with E-state index in [-0.39, 0.29) is 5.57 Å². The molecular weight excluding hydrogens is 269 g/mol. The first-order valence-corrected chi connectivity index (χ1v) is 7.51. The zero-order valence-corrected chi connectivity index (χ0v) is 10.9. The highest BCUT2D eigenvalue weighted by atomic mass is 31.2. The SMILES string of the molecule is O=C(O)C(=Cc1cccc2c1NCC2)CP(=O)(O)O. The first-order valence-electron chi connectivity index (χ1n) is 5.71. The van der Waals surface area contributed by atoms with Gasteiger partial charge in [-0.15, -0.1) is 0 Å². The zero-order valence-electron chi connectivity index (χ0n) is 10.0. The second kappa shape index (κ2) is 5.17. The van der Waals surface area contributed by atoms with Gasteiger partial charge in [0.1, 0.15) is 0 Å². The first kappa shape index (κ1) is 13.8. The van der Waals surface area contributed by atoms with Crippen molar-refractivity contribution in [2.24, 2.45) is 0 Å². The standard InChI is InChI=1S/C12H14NO5P/c14-12(15)10(7-19(16,17)18)6-9-3-1-2-8-4-5-13-11(8)9/h1-3,6,13H,4-5,7H2,(H,14,15)(H2,16,17,18). The van der Waals surface area contributed by atoms with Gasteiger partial charge in [-0.3, -0.25) is 4.57 Å². The minimum Gasteiger partial charge on any atom is -0.478 e. The summed E-state index contributed by atoms with van der Waals surface area (Å²) in [5, 5.41) is 12.2. The smallest absolute Gasteiger partial charge is 0.332 e. The van der Waals surface area contributed by atoms with Gasteiger partial charge >= 0.3 is 13.6 Å². The fraction of sp³-hybridized carbons (Fsp3) is 0.250. The Morgan fingerprint density at radius 1 is 1.42 bits per heavy atom. The minimum absolute atomic E-state index is 0.296. The summed E-state index contributed by atoms with van der Waals surface area (Å²) in [6.07, 6.45) is 1.41. The van der Waals surface area contributed by atoms with Crippen molar-refractivity contribution in [2.75, 3.05) is 18.0 Å².